The predicted molar refractivity (Wildman–Crippen MR) is 68.6 cm³/mol. The van der Waals surface area contributed by atoms with Crippen molar-refractivity contribution in [1.82, 2.24) is 0 Å². The van der Waals surface area contributed by atoms with Crippen molar-refractivity contribution in [3.63, 3.8) is 0 Å². The number of nitrogens with zero attached hydrogens (tertiary/aromatic N) is 1. The molecule has 0 spiro atoms. The fraction of sp³-hybridized carbons (Fsp3) is 0.600. The number of aryl methyl sites for hydroxylation is 2. The lowest BCUT2D eigenvalue weighted by molar-refractivity contribution is -0.679. The highest BCUT2D eigenvalue weighted by molar-refractivity contribution is 5.63. The van der Waals surface area contributed by atoms with E-state index in [1.807, 2.05) is 6.07 Å². The second kappa shape index (κ2) is 8.67. The molecular formula is C15H23NO2. The lowest BCUT2D eigenvalue weighted by Crippen LogP contribution is -2.32. The summed E-state index contributed by atoms with van der Waals surface area (Å²) < 4.78 is 2.17. The topological polar surface area (TPSA) is 44.0 Å². The number of carboxylic acids is 1. The Balaban J connectivity index is 1.99. The second-order valence-corrected chi connectivity index (χ2v) is 4.80. The Labute approximate surface area is 109 Å². The summed E-state index contributed by atoms with van der Waals surface area (Å²) in [6.45, 7) is 0. The number of carbonyl (C=O) groups is 1. The summed E-state index contributed by atoms with van der Waals surface area (Å²) in [7, 11) is 2.08. The third kappa shape index (κ3) is 6.38. The Hall–Kier alpha value is -1.38. The smallest absolute Gasteiger partial charge is 0.181 e. The number of unbranched alkanes of at least 4 members (excludes halogenated alkanes) is 5. The first-order valence-electron chi connectivity index (χ1n) is 6.83. The minimum absolute atomic E-state index is 0.208. The van der Waals surface area contributed by atoms with Crippen molar-refractivity contribution < 1.29 is 14.5 Å². The number of hydrogen-bond acceptors (Lipinski definition) is 2. The zero-order valence-electron chi connectivity index (χ0n) is 11.2. The fourth-order valence-electron chi connectivity index (χ4n) is 2.10. The van der Waals surface area contributed by atoms with E-state index in [2.05, 4.69) is 29.9 Å². The van der Waals surface area contributed by atoms with Crippen LogP contribution >= 0.6 is 0 Å². The molecule has 1 aromatic rings. The molecule has 0 N–H and O–H groups in total. The van der Waals surface area contributed by atoms with Crippen molar-refractivity contribution in [3.05, 3.63) is 30.1 Å². The molecule has 1 aromatic heterocycles. The van der Waals surface area contributed by atoms with Crippen molar-refractivity contribution >= 4 is 5.97 Å². The van der Waals surface area contributed by atoms with Gasteiger partial charge < -0.3 is 9.90 Å². The summed E-state index contributed by atoms with van der Waals surface area (Å²) in [5.74, 6) is -0.924. The van der Waals surface area contributed by atoms with Crippen molar-refractivity contribution in [2.24, 2.45) is 7.05 Å². The maximum Gasteiger partial charge on any atom is 0.181 e. The standard InChI is InChI=1S/C15H23NO2/c1-16-13-9-8-11-14(16)10-6-4-2-3-5-7-12-15(17)18/h8-9,11,13H,2-7,10,12H2,1H3. The molecule has 0 aliphatic heterocycles. The van der Waals surface area contributed by atoms with Gasteiger partial charge >= 0.3 is 0 Å². The second-order valence-electron chi connectivity index (χ2n) is 4.80. The molecule has 0 amide bonds. The molecule has 1 rings (SSSR count). The van der Waals surface area contributed by atoms with Crippen molar-refractivity contribution in [3.8, 4) is 0 Å². The first kappa shape index (κ1) is 14.7. The minimum Gasteiger partial charge on any atom is -0.550 e. The fourth-order valence-corrected chi connectivity index (χ4v) is 2.10. The molecule has 0 bridgehead atoms. The van der Waals surface area contributed by atoms with Crippen LogP contribution in [-0.2, 0) is 18.3 Å². The average molecular weight is 249 g/mol. The van der Waals surface area contributed by atoms with Crippen LogP contribution in [0.1, 0.15) is 50.6 Å². The lowest BCUT2D eigenvalue weighted by atomic mass is 10.1. The monoisotopic (exact) mass is 249 g/mol. The van der Waals surface area contributed by atoms with E-state index in [9.17, 15) is 9.90 Å². The molecule has 1 heterocycles. The molecule has 0 saturated heterocycles. The SMILES string of the molecule is C[n+]1ccccc1CCCCCCCCC(=O)[O-]. The number of carboxylic acid groups (broad SMARTS) is 1. The third-order valence-corrected chi connectivity index (χ3v) is 3.23. The number of aliphatic carboxylic acids is 1. The maximum atomic E-state index is 10.2. The van der Waals surface area contributed by atoms with Crippen LogP contribution in [0.5, 0.6) is 0 Å². The Kier molecular flexibility index (Phi) is 7.07. The van der Waals surface area contributed by atoms with E-state index in [0.29, 0.717) is 0 Å². The first-order chi connectivity index (χ1) is 8.70. The molecule has 0 unspecified atom stereocenters. The Bertz CT molecular complexity index is 363. The predicted octanol–water partition coefficient (Wildman–Crippen LogP) is 1.53. The zero-order valence-corrected chi connectivity index (χ0v) is 11.2. The summed E-state index contributed by atoms with van der Waals surface area (Å²) in [6, 6.07) is 6.29. The largest absolute Gasteiger partial charge is 0.550 e. The number of carbonyl (C=O) groups excluding carboxylic acids is 1. The molecule has 0 saturated carbocycles. The number of rotatable bonds is 9. The van der Waals surface area contributed by atoms with Crippen LogP contribution in [0.4, 0.5) is 0 Å². The third-order valence-electron chi connectivity index (χ3n) is 3.23. The van der Waals surface area contributed by atoms with Gasteiger partial charge in [0.2, 0.25) is 0 Å². The van der Waals surface area contributed by atoms with E-state index in [0.717, 1.165) is 25.7 Å². The van der Waals surface area contributed by atoms with Gasteiger partial charge in [0.15, 0.2) is 11.9 Å². The van der Waals surface area contributed by atoms with Crippen LogP contribution < -0.4 is 9.67 Å². The summed E-state index contributed by atoms with van der Waals surface area (Å²) in [6.07, 6.45) is 9.94. The Morgan fingerprint density at radius 1 is 1.11 bits per heavy atom. The molecule has 0 aliphatic rings. The highest BCUT2D eigenvalue weighted by Crippen LogP contribution is 2.08. The van der Waals surface area contributed by atoms with Gasteiger partial charge in [-0.2, -0.15) is 0 Å². The molecule has 3 nitrogen and oxygen atoms in total. The van der Waals surface area contributed by atoms with Gasteiger partial charge in [0.25, 0.3) is 0 Å². The van der Waals surface area contributed by atoms with E-state index in [-0.39, 0.29) is 6.42 Å². The maximum absolute atomic E-state index is 10.2. The van der Waals surface area contributed by atoms with Crippen LogP contribution in [0, 0.1) is 0 Å². The Morgan fingerprint density at radius 2 is 1.78 bits per heavy atom. The van der Waals surface area contributed by atoms with Gasteiger partial charge in [-0.1, -0.05) is 31.7 Å². The van der Waals surface area contributed by atoms with Gasteiger partial charge in [-0.05, 0) is 19.3 Å². The minimum atomic E-state index is -0.924. The molecule has 18 heavy (non-hydrogen) atoms. The van der Waals surface area contributed by atoms with Gasteiger partial charge in [0.05, 0.1) is 0 Å². The van der Waals surface area contributed by atoms with Crippen molar-refractivity contribution in [2.75, 3.05) is 0 Å². The van der Waals surface area contributed by atoms with Crippen molar-refractivity contribution in [1.29, 1.82) is 0 Å². The molecule has 0 aliphatic carbocycles. The summed E-state index contributed by atoms with van der Waals surface area (Å²) in [5, 5.41) is 10.2. The number of pyridine rings is 1. The number of aromatic nitrogens is 1. The molecular weight excluding hydrogens is 226 g/mol. The van der Waals surface area contributed by atoms with Crippen LogP contribution in [0.25, 0.3) is 0 Å². The molecule has 0 aromatic carbocycles. The molecule has 0 fully saturated rings. The van der Waals surface area contributed by atoms with E-state index in [1.54, 1.807) is 0 Å². The average Bonchev–Trinajstić information content (AvgIpc) is 2.34. The quantitative estimate of drug-likeness (QED) is 0.492. The van der Waals surface area contributed by atoms with Gasteiger partial charge in [0.1, 0.15) is 7.05 Å². The first-order valence-corrected chi connectivity index (χ1v) is 6.83. The normalized spacial score (nSPS) is 10.5. The summed E-state index contributed by atoms with van der Waals surface area (Å²) in [4.78, 5) is 10.2. The molecule has 0 radical (unpaired) electrons. The lowest BCUT2D eigenvalue weighted by Gasteiger charge is -2.03. The van der Waals surface area contributed by atoms with E-state index >= 15 is 0 Å². The highest BCUT2D eigenvalue weighted by atomic mass is 16.4. The van der Waals surface area contributed by atoms with Crippen LogP contribution in [0.2, 0.25) is 0 Å². The molecule has 100 valence electrons. The van der Waals surface area contributed by atoms with Crippen LogP contribution in [-0.4, -0.2) is 5.97 Å². The zero-order chi connectivity index (χ0) is 13.2. The van der Waals surface area contributed by atoms with Gasteiger partial charge in [-0.25, -0.2) is 4.57 Å². The van der Waals surface area contributed by atoms with E-state index in [1.165, 1.54) is 25.0 Å². The summed E-state index contributed by atoms with van der Waals surface area (Å²) >= 11 is 0. The van der Waals surface area contributed by atoms with Crippen molar-refractivity contribution in [2.45, 2.75) is 51.4 Å². The molecule has 0 atom stereocenters. The van der Waals surface area contributed by atoms with Gasteiger partial charge in [-0.3, -0.25) is 0 Å². The summed E-state index contributed by atoms with van der Waals surface area (Å²) in [5.41, 5.74) is 1.37. The van der Waals surface area contributed by atoms with Gasteiger partial charge in [0, 0.05) is 24.5 Å². The molecule has 3 heteroatoms. The van der Waals surface area contributed by atoms with E-state index < -0.39 is 5.97 Å². The Morgan fingerprint density at radius 3 is 2.44 bits per heavy atom. The van der Waals surface area contributed by atoms with Crippen LogP contribution in [0.15, 0.2) is 24.4 Å². The van der Waals surface area contributed by atoms with Crippen LogP contribution in [0.3, 0.4) is 0 Å². The van der Waals surface area contributed by atoms with E-state index in [4.69, 9.17) is 0 Å². The highest BCUT2D eigenvalue weighted by Gasteiger charge is 2.03. The number of hydrogen-bond donors (Lipinski definition) is 0. The van der Waals surface area contributed by atoms with Gasteiger partial charge in [-0.15, -0.1) is 0 Å².